The van der Waals surface area contributed by atoms with Gasteiger partial charge < -0.3 is 9.84 Å². The Morgan fingerprint density at radius 2 is 2.39 bits per heavy atom. The zero-order valence-corrected chi connectivity index (χ0v) is 11.9. The number of fused-ring (bicyclic) bond motifs is 1. The van der Waals surface area contributed by atoms with Crippen LogP contribution in [0.4, 0.5) is 0 Å². The van der Waals surface area contributed by atoms with Gasteiger partial charge in [-0.25, -0.2) is 4.79 Å². The second kappa shape index (κ2) is 5.51. The number of esters is 1. The normalized spacial score (nSPS) is 18.3. The van der Waals surface area contributed by atoms with Crippen LogP contribution in [-0.4, -0.2) is 23.4 Å². The Morgan fingerprint density at radius 3 is 3.06 bits per heavy atom. The predicted octanol–water partition coefficient (Wildman–Crippen LogP) is 3.35. The minimum Gasteiger partial charge on any atom is -0.462 e. The molecule has 0 amide bonds. The van der Waals surface area contributed by atoms with Crippen molar-refractivity contribution in [1.29, 1.82) is 0 Å². The van der Waals surface area contributed by atoms with Crippen LogP contribution in [0.3, 0.4) is 0 Å². The Balaban J connectivity index is 2.54. The number of halogens is 1. The van der Waals surface area contributed by atoms with E-state index < -0.39 is 6.10 Å². The van der Waals surface area contributed by atoms with Gasteiger partial charge in [-0.3, -0.25) is 0 Å². The quantitative estimate of drug-likeness (QED) is 0.847. The van der Waals surface area contributed by atoms with Gasteiger partial charge in [-0.2, -0.15) is 0 Å². The van der Waals surface area contributed by atoms with E-state index in [-0.39, 0.29) is 5.97 Å². The average molecular weight is 287 g/mol. The summed E-state index contributed by atoms with van der Waals surface area (Å²) in [7, 11) is 0. The summed E-state index contributed by atoms with van der Waals surface area (Å²) in [5.74, 6) is 0.453. The summed E-state index contributed by atoms with van der Waals surface area (Å²) in [4.78, 5) is 12.7. The molecule has 1 heterocycles. The fourth-order valence-electron chi connectivity index (χ4n) is 2.13. The lowest BCUT2D eigenvalue weighted by molar-refractivity contribution is 0.0525. The molecule has 1 aromatic carbocycles. The second-order valence-electron chi connectivity index (χ2n) is 4.15. The summed E-state index contributed by atoms with van der Waals surface area (Å²) in [5.41, 5.74) is 2.00. The highest BCUT2D eigenvalue weighted by Gasteiger charge is 2.26. The molecule has 0 radical (unpaired) electrons. The third-order valence-electron chi connectivity index (χ3n) is 3.01. The van der Waals surface area contributed by atoms with Crippen molar-refractivity contribution in [2.24, 2.45) is 0 Å². The molecular weight excluding hydrogens is 272 g/mol. The topological polar surface area (TPSA) is 46.5 Å². The highest BCUT2D eigenvalue weighted by molar-refractivity contribution is 7.99. The van der Waals surface area contributed by atoms with Crippen LogP contribution in [0.25, 0.3) is 0 Å². The molecule has 0 aliphatic carbocycles. The molecule has 0 fully saturated rings. The van der Waals surface area contributed by atoms with Crippen LogP contribution in [0, 0.1) is 6.92 Å². The standard InChI is InChI=1S/C13H15ClO3S/c1-3-17-13(16)8-6-9(14)12-11(7(8)2)10(15)4-5-18-12/h6,10,15H,3-5H2,1-2H3. The molecule has 1 aromatic rings. The van der Waals surface area contributed by atoms with Crippen LogP contribution in [0.15, 0.2) is 11.0 Å². The third kappa shape index (κ3) is 2.37. The van der Waals surface area contributed by atoms with Gasteiger partial charge in [0, 0.05) is 10.6 Å². The molecule has 0 spiro atoms. The average Bonchev–Trinajstić information content (AvgIpc) is 2.33. The molecule has 0 aromatic heterocycles. The Morgan fingerprint density at radius 1 is 1.67 bits per heavy atom. The van der Waals surface area contributed by atoms with Gasteiger partial charge in [0.1, 0.15) is 0 Å². The molecule has 3 nitrogen and oxygen atoms in total. The Labute approximate surface area is 115 Å². The monoisotopic (exact) mass is 286 g/mol. The van der Waals surface area contributed by atoms with E-state index in [1.54, 1.807) is 24.8 Å². The van der Waals surface area contributed by atoms with E-state index in [1.165, 1.54) is 0 Å². The van der Waals surface area contributed by atoms with Crippen molar-refractivity contribution in [2.45, 2.75) is 31.3 Å². The van der Waals surface area contributed by atoms with Gasteiger partial charge in [-0.05, 0) is 37.5 Å². The molecule has 98 valence electrons. The highest BCUT2D eigenvalue weighted by Crippen LogP contribution is 2.43. The van der Waals surface area contributed by atoms with Crippen molar-refractivity contribution in [3.63, 3.8) is 0 Å². The first-order chi connectivity index (χ1) is 8.56. The number of aliphatic hydroxyl groups excluding tert-OH is 1. The van der Waals surface area contributed by atoms with E-state index in [0.717, 1.165) is 21.8 Å². The minimum atomic E-state index is -0.548. The predicted molar refractivity (Wildman–Crippen MR) is 72.4 cm³/mol. The van der Waals surface area contributed by atoms with Crippen LogP contribution in [0.2, 0.25) is 5.02 Å². The molecule has 1 atom stereocenters. The molecule has 5 heteroatoms. The molecule has 1 aliphatic rings. The first-order valence-corrected chi connectivity index (χ1v) is 7.23. The zero-order chi connectivity index (χ0) is 13.3. The number of carbonyl (C=O) groups is 1. The van der Waals surface area contributed by atoms with Crippen molar-refractivity contribution in [3.05, 3.63) is 27.8 Å². The first kappa shape index (κ1) is 13.7. The number of hydrogen-bond acceptors (Lipinski definition) is 4. The Kier molecular flexibility index (Phi) is 4.20. The molecule has 2 rings (SSSR count). The summed E-state index contributed by atoms with van der Waals surface area (Å²) < 4.78 is 5.00. The van der Waals surface area contributed by atoms with E-state index in [2.05, 4.69) is 0 Å². The van der Waals surface area contributed by atoms with E-state index in [1.807, 2.05) is 6.92 Å². The smallest absolute Gasteiger partial charge is 0.338 e. The van der Waals surface area contributed by atoms with E-state index in [4.69, 9.17) is 16.3 Å². The summed E-state index contributed by atoms with van der Waals surface area (Å²) in [5, 5.41) is 10.6. The van der Waals surface area contributed by atoms with Gasteiger partial charge in [0.15, 0.2) is 0 Å². The summed E-state index contributed by atoms with van der Waals surface area (Å²) >= 11 is 7.81. The number of hydrogen-bond donors (Lipinski definition) is 1. The highest BCUT2D eigenvalue weighted by atomic mass is 35.5. The lowest BCUT2D eigenvalue weighted by Crippen LogP contribution is -2.14. The SMILES string of the molecule is CCOC(=O)c1cc(Cl)c2c(c1C)C(O)CCS2. The molecule has 0 saturated heterocycles. The van der Waals surface area contributed by atoms with Crippen molar-refractivity contribution in [3.8, 4) is 0 Å². The molecule has 0 bridgehead atoms. The Bertz CT molecular complexity index is 488. The van der Waals surface area contributed by atoms with Gasteiger partial charge in [0.2, 0.25) is 0 Å². The van der Waals surface area contributed by atoms with Crippen molar-refractivity contribution in [2.75, 3.05) is 12.4 Å². The number of carbonyl (C=O) groups excluding carboxylic acids is 1. The summed E-state index contributed by atoms with van der Waals surface area (Å²) in [6, 6.07) is 1.64. The number of thioether (sulfide) groups is 1. The summed E-state index contributed by atoms with van der Waals surface area (Å²) in [6.07, 6.45) is 0.134. The first-order valence-electron chi connectivity index (χ1n) is 5.87. The van der Waals surface area contributed by atoms with Gasteiger partial charge >= 0.3 is 5.97 Å². The number of aliphatic hydroxyl groups is 1. The maximum atomic E-state index is 11.8. The molecular formula is C13H15ClO3S. The van der Waals surface area contributed by atoms with E-state index in [0.29, 0.717) is 23.6 Å². The zero-order valence-electron chi connectivity index (χ0n) is 10.3. The van der Waals surface area contributed by atoms with Gasteiger partial charge in [0.05, 0.1) is 23.3 Å². The minimum absolute atomic E-state index is 0.324. The van der Waals surface area contributed by atoms with Gasteiger partial charge in [-0.1, -0.05) is 11.6 Å². The molecule has 1 unspecified atom stereocenters. The van der Waals surface area contributed by atoms with Crippen LogP contribution < -0.4 is 0 Å². The van der Waals surface area contributed by atoms with Crippen LogP contribution in [0.1, 0.15) is 40.9 Å². The lowest BCUT2D eigenvalue weighted by atomic mass is 9.96. The molecule has 18 heavy (non-hydrogen) atoms. The maximum Gasteiger partial charge on any atom is 0.338 e. The lowest BCUT2D eigenvalue weighted by Gasteiger charge is -2.25. The van der Waals surface area contributed by atoms with Crippen LogP contribution in [0.5, 0.6) is 0 Å². The van der Waals surface area contributed by atoms with Crippen molar-refractivity contribution >= 4 is 29.3 Å². The van der Waals surface area contributed by atoms with Crippen molar-refractivity contribution in [1.82, 2.24) is 0 Å². The Hall–Kier alpha value is -0.710. The van der Waals surface area contributed by atoms with Crippen LogP contribution in [-0.2, 0) is 4.74 Å². The van der Waals surface area contributed by atoms with E-state index >= 15 is 0 Å². The van der Waals surface area contributed by atoms with E-state index in [9.17, 15) is 9.90 Å². The van der Waals surface area contributed by atoms with Crippen LogP contribution >= 0.6 is 23.4 Å². The van der Waals surface area contributed by atoms with Gasteiger partial charge in [-0.15, -0.1) is 11.8 Å². The number of ether oxygens (including phenoxy) is 1. The molecule has 0 saturated carbocycles. The van der Waals surface area contributed by atoms with Crippen molar-refractivity contribution < 1.29 is 14.6 Å². The largest absolute Gasteiger partial charge is 0.462 e. The van der Waals surface area contributed by atoms with Gasteiger partial charge in [0.25, 0.3) is 0 Å². The summed E-state index contributed by atoms with van der Waals surface area (Å²) in [6.45, 7) is 3.92. The number of benzene rings is 1. The number of rotatable bonds is 2. The third-order valence-corrected chi connectivity index (χ3v) is 4.59. The fourth-order valence-corrected chi connectivity index (χ4v) is 3.69. The molecule has 1 N–H and O–H groups in total. The molecule has 1 aliphatic heterocycles. The maximum absolute atomic E-state index is 11.8. The fraction of sp³-hybridized carbons (Fsp3) is 0.462. The second-order valence-corrected chi connectivity index (χ2v) is 5.66.